The van der Waals surface area contributed by atoms with Crippen LogP contribution in [0.5, 0.6) is 0 Å². The third kappa shape index (κ3) is 6.18. The maximum atomic E-state index is 13.5. The van der Waals surface area contributed by atoms with Crippen LogP contribution >= 0.6 is 0 Å². The van der Waals surface area contributed by atoms with E-state index in [-0.39, 0.29) is 5.69 Å². The van der Waals surface area contributed by atoms with Crippen LogP contribution in [0.15, 0.2) is 77.1 Å². The van der Waals surface area contributed by atoms with Crippen LogP contribution in [0, 0.1) is 0 Å². The molecule has 2 aromatic carbocycles. The molecular weight excluding hydrogens is 425 g/mol. The lowest BCUT2D eigenvalue weighted by Gasteiger charge is -2.25. The van der Waals surface area contributed by atoms with Gasteiger partial charge in [0.25, 0.3) is 0 Å². The smallest absolute Gasteiger partial charge is 0.388 e. The predicted molar refractivity (Wildman–Crippen MR) is 130 cm³/mol. The van der Waals surface area contributed by atoms with E-state index in [1.54, 1.807) is 25.2 Å². The molecule has 0 atom stereocenters. The van der Waals surface area contributed by atoms with Gasteiger partial charge < -0.3 is 16.0 Å². The first-order valence-corrected chi connectivity index (χ1v) is 11.3. The summed E-state index contributed by atoms with van der Waals surface area (Å²) < 4.78 is 40.4. The topological polar surface area (TPSA) is 48.5 Å². The first kappa shape index (κ1) is 24.4. The SMILES string of the molecule is C=C(NC(=NC)c1ccccc1Nc1ccccc1C(F)(F)F)C1=C(NCCC)CCCC1. The van der Waals surface area contributed by atoms with Gasteiger partial charge in [0.05, 0.1) is 11.3 Å². The van der Waals surface area contributed by atoms with Crippen molar-refractivity contribution in [3.05, 3.63) is 83.2 Å². The summed E-state index contributed by atoms with van der Waals surface area (Å²) in [5.74, 6) is 0.542. The highest BCUT2D eigenvalue weighted by Crippen LogP contribution is 2.36. The summed E-state index contributed by atoms with van der Waals surface area (Å²) >= 11 is 0. The summed E-state index contributed by atoms with van der Waals surface area (Å²) in [6.07, 6.45) is 0.731. The van der Waals surface area contributed by atoms with Crippen LogP contribution in [0.4, 0.5) is 24.5 Å². The van der Waals surface area contributed by atoms with E-state index in [0.717, 1.165) is 56.0 Å². The highest BCUT2D eigenvalue weighted by molar-refractivity contribution is 6.05. The summed E-state index contributed by atoms with van der Waals surface area (Å²) in [5, 5.41) is 9.80. The third-order valence-electron chi connectivity index (χ3n) is 5.60. The van der Waals surface area contributed by atoms with E-state index in [4.69, 9.17) is 0 Å². The summed E-state index contributed by atoms with van der Waals surface area (Å²) in [5.41, 5.74) is 3.60. The minimum absolute atomic E-state index is 0.00669. The molecule has 0 saturated heterocycles. The van der Waals surface area contributed by atoms with Crippen molar-refractivity contribution in [2.24, 2.45) is 4.99 Å². The normalized spacial score (nSPS) is 14.8. The highest BCUT2D eigenvalue weighted by Gasteiger charge is 2.33. The van der Waals surface area contributed by atoms with Gasteiger partial charge in [-0.2, -0.15) is 13.2 Å². The maximum Gasteiger partial charge on any atom is 0.418 e. The van der Waals surface area contributed by atoms with Crippen molar-refractivity contribution in [3.8, 4) is 0 Å². The van der Waals surface area contributed by atoms with E-state index < -0.39 is 11.7 Å². The molecule has 0 heterocycles. The number of alkyl halides is 3. The van der Waals surface area contributed by atoms with Crippen molar-refractivity contribution in [1.29, 1.82) is 0 Å². The van der Waals surface area contributed by atoms with Crippen LogP contribution in [-0.4, -0.2) is 19.4 Å². The summed E-state index contributed by atoms with van der Waals surface area (Å²) in [4.78, 5) is 4.39. The fourth-order valence-corrected chi connectivity index (χ4v) is 3.95. The van der Waals surface area contributed by atoms with Gasteiger partial charge in [-0.05, 0) is 61.9 Å². The van der Waals surface area contributed by atoms with Gasteiger partial charge in [0.15, 0.2) is 0 Å². The van der Waals surface area contributed by atoms with Gasteiger partial charge in [0.1, 0.15) is 5.84 Å². The van der Waals surface area contributed by atoms with Gasteiger partial charge in [-0.3, -0.25) is 4.99 Å². The Hall–Kier alpha value is -3.22. The molecule has 0 saturated carbocycles. The van der Waals surface area contributed by atoms with Gasteiger partial charge >= 0.3 is 6.18 Å². The fourth-order valence-electron chi connectivity index (χ4n) is 3.95. The van der Waals surface area contributed by atoms with Crippen LogP contribution < -0.4 is 16.0 Å². The predicted octanol–water partition coefficient (Wildman–Crippen LogP) is 6.76. The molecule has 33 heavy (non-hydrogen) atoms. The third-order valence-corrected chi connectivity index (χ3v) is 5.60. The standard InChI is InChI=1S/C26H31F3N4/c1-4-17-31-22-14-8-5-11-19(22)18(2)32-25(30-3)20-12-6-9-15-23(20)33-24-16-10-7-13-21(24)26(27,28)29/h6-7,9-10,12-13,15-16,31,33H,2,4-5,8,11,14,17H2,1,3H3,(H,30,32). The van der Waals surface area contributed by atoms with E-state index in [1.165, 1.54) is 17.8 Å². The lowest BCUT2D eigenvalue weighted by atomic mass is 9.94. The van der Waals surface area contributed by atoms with Crippen LogP contribution in [-0.2, 0) is 6.18 Å². The lowest BCUT2D eigenvalue weighted by Crippen LogP contribution is -2.28. The Labute approximate surface area is 193 Å². The molecule has 0 unspecified atom stereocenters. The number of benzene rings is 2. The number of amidine groups is 1. The molecule has 4 nitrogen and oxygen atoms in total. The van der Waals surface area contributed by atoms with Crippen molar-refractivity contribution < 1.29 is 13.2 Å². The molecule has 0 aromatic heterocycles. The molecule has 0 amide bonds. The van der Waals surface area contributed by atoms with Crippen LogP contribution in [0.2, 0.25) is 0 Å². The maximum absolute atomic E-state index is 13.5. The summed E-state index contributed by atoms with van der Waals surface area (Å²) in [7, 11) is 1.65. The number of allylic oxidation sites excluding steroid dienone is 2. The van der Waals surface area contributed by atoms with Crippen molar-refractivity contribution in [3.63, 3.8) is 0 Å². The molecule has 3 N–H and O–H groups in total. The Morgan fingerprint density at radius 3 is 2.36 bits per heavy atom. The van der Waals surface area contributed by atoms with Gasteiger partial charge in [0.2, 0.25) is 0 Å². The van der Waals surface area contributed by atoms with Crippen molar-refractivity contribution in [2.75, 3.05) is 18.9 Å². The number of hydrogen-bond acceptors (Lipinski definition) is 3. The molecule has 1 aliphatic rings. The number of halogens is 3. The van der Waals surface area contributed by atoms with Gasteiger partial charge in [-0.25, -0.2) is 0 Å². The quantitative estimate of drug-likeness (QED) is 0.304. The number of hydrogen-bond donors (Lipinski definition) is 3. The first-order valence-electron chi connectivity index (χ1n) is 11.3. The fraction of sp³-hybridized carbons (Fsp3) is 0.346. The molecule has 0 radical (unpaired) electrons. The second-order valence-electron chi connectivity index (χ2n) is 7.98. The molecule has 3 rings (SSSR count). The zero-order valence-corrected chi connectivity index (χ0v) is 19.1. The molecule has 2 aromatic rings. The minimum Gasteiger partial charge on any atom is -0.388 e. The Balaban J connectivity index is 1.88. The monoisotopic (exact) mass is 456 g/mol. The van der Waals surface area contributed by atoms with E-state index in [9.17, 15) is 13.2 Å². The number of rotatable bonds is 8. The number of nitrogens with one attached hydrogen (secondary N) is 3. The molecule has 0 bridgehead atoms. The molecular formula is C26H31F3N4. The van der Waals surface area contributed by atoms with Gasteiger partial charge in [-0.1, -0.05) is 37.8 Å². The zero-order chi connectivity index (χ0) is 23.8. The Morgan fingerprint density at radius 2 is 1.67 bits per heavy atom. The number of aliphatic imine (C=N–C) groups is 1. The average molecular weight is 457 g/mol. The van der Waals surface area contributed by atoms with Crippen molar-refractivity contribution in [1.82, 2.24) is 10.6 Å². The number of anilines is 2. The summed E-state index contributed by atoms with van der Waals surface area (Å²) in [6, 6.07) is 12.6. The van der Waals surface area contributed by atoms with Crippen molar-refractivity contribution >= 4 is 17.2 Å². The van der Waals surface area contributed by atoms with E-state index in [0.29, 0.717) is 17.1 Å². The van der Waals surface area contributed by atoms with Crippen LogP contribution in [0.1, 0.15) is 50.2 Å². The first-order chi connectivity index (χ1) is 15.8. The van der Waals surface area contributed by atoms with E-state index >= 15 is 0 Å². The number of para-hydroxylation sites is 2. The van der Waals surface area contributed by atoms with E-state index in [1.807, 2.05) is 12.1 Å². The average Bonchev–Trinajstić information content (AvgIpc) is 2.81. The largest absolute Gasteiger partial charge is 0.418 e. The molecule has 1 aliphatic carbocycles. The van der Waals surface area contributed by atoms with Crippen molar-refractivity contribution in [2.45, 2.75) is 45.2 Å². The van der Waals surface area contributed by atoms with Gasteiger partial charge in [0, 0.05) is 36.2 Å². The summed E-state index contributed by atoms with van der Waals surface area (Å²) in [6.45, 7) is 7.29. The molecule has 0 aliphatic heterocycles. The second-order valence-corrected chi connectivity index (χ2v) is 7.98. The minimum atomic E-state index is -4.46. The Morgan fingerprint density at radius 1 is 1.00 bits per heavy atom. The van der Waals surface area contributed by atoms with Crippen LogP contribution in [0.3, 0.4) is 0 Å². The zero-order valence-electron chi connectivity index (χ0n) is 19.1. The molecule has 176 valence electrons. The highest BCUT2D eigenvalue weighted by atomic mass is 19.4. The van der Waals surface area contributed by atoms with E-state index in [2.05, 4.69) is 34.4 Å². The molecule has 7 heteroatoms. The number of nitrogens with zero attached hydrogens (tertiary/aromatic N) is 1. The Bertz CT molecular complexity index is 1040. The van der Waals surface area contributed by atoms with Gasteiger partial charge in [-0.15, -0.1) is 0 Å². The Kier molecular flexibility index (Phi) is 8.20. The lowest BCUT2D eigenvalue weighted by molar-refractivity contribution is -0.136. The second kappa shape index (κ2) is 11.1. The molecule has 0 spiro atoms. The molecule has 0 fully saturated rings. The van der Waals surface area contributed by atoms with Crippen LogP contribution in [0.25, 0.3) is 0 Å².